The summed E-state index contributed by atoms with van der Waals surface area (Å²) in [7, 11) is -0.391. The second-order valence-electron chi connectivity index (χ2n) is 8.77. The van der Waals surface area contributed by atoms with E-state index in [1.165, 1.54) is 13.4 Å². The maximum Gasteiger partial charge on any atom is 0.325 e. The van der Waals surface area contributed by atoms with Gasteiger partial charge in [-0.1, -0.05) is 46.2 Å². The largest absolute Gasteiger partial charge is 0.468 e. The molecule has 3 heterocycles. The van der Waals surface area contributed by atoms with E-state index in [2.05, 4.69) is 27.0 Å². The van der Waals surface area contributed by atoms with Gasteiger partial charge in [0, 0.05) is 10.9 Å². The summed E-state index contributed by atoms with van der Waals surface area (Å²) in [5, 5.41) is 3.71. The third-order valence-electron chi connectivity index (χ3n) is 5.56. The molecule has 0 bridgehead atoms. The third kappa shape index (κ3) is 8.46. The molecule has 1 aliphatic heterocycles. The standard InChI is InChI=1S/C22H28ClN6O5P.2C2H6/c1-13-9-16(33-20(13)29-12-27-17-18(24)25-11-26-19(17)29)10-32-35(28-22(2,3)21(30)31-4)34-15-7-5-14(23)6-8-15;2*1-2/h5-8,11-13,16,20,28H,9-10H2,1-4H3,(H2,24,25,26);2*1-2H3/t13-,16?,20+,35?;;/m0../s1. The number of imidazole rings is 1. The first-order chi connectivity index (χ1) is 18.7. The molecule has 1 aromatic carbocycles. The van der Waals surface area contributed by atoms with Crippen molar-refractivity contribution < 1.29 is 23.3 Å². The number of carbonyl (C=O) groups is 1. The number of anilines is 1. The molecule has 1 aliphatic rings. The fraction of sp³-hybridized carbons (Fsp3) is 0.538. The minimum absolute atomic E-state index is 0.167. The van der Waals surface area contributed by atoms with Gasteiger partial charge in [0.15, 0.2) is 11.5 Å². The van der Waals surface area contributed by atoms with Crippen molar-refractivity contribution in [1.29, 1.82) is 0 Å². The van der Waals surface area contributed by atoms with E-state index in [1.54, 1.807) is 44.4 Å². The lowest BCUT2D eigenvalue weighted by Gasteiger charge is -2.28. The lowest BCUT2D eigenvalue weighted by molar-refractivity contribution is -0.146. The first kappa shape index (κ1) is 32.7. The highest BCUT2D eigenvalue weighted by Gasteiger charge is 2.37. The van der Waals surface area contributed by atoms with Crippen LogP contribution < -0.4 is 15.3 Å². The summed E-state index contributed by atoms with van der Waals surface area (Å²) < 4.78 is 25.2. The van der Waals surface area contributed by atoms with Crippen LogP contribution in [-0.2, 0) is 18.8 Å². The van der Waals surface area contributed by atoms with Crippen molar-refractivity contribution in [1.82, 2.24) is 24.6 Å². The summed E-state index contributed by atoms with van der Waals surface area (Å²) in [5.74, 6) is 0.602. The van der Waals surface area contributed by atoms with Crippen molar-refractivity contribution in [3.63, 3.8) is 0 Å². The SMILES string of the molecule is CC.CC.COC(=O)C(C)(C)NP(OCC1C[C@H](C)[C@H](n2cnc3c(N)ncnc32)O1)Oc1ccc(Cl)cc1. The van der Waals surface area contributed by atoms with Crippen molar-refractivity contribution in [2.75, 3.05) is 19.5 Å². The van der Waals surface area contributed by atoms with E-state index < -0.39 is 20.0 Å². The number of nitrogens with zero attached hydrogens (tertiary/aromatic N) is 4. The number of nitrogens with two attached hydrogens (primary N) is 1. The molecule has 0 spiro atoms. The number of carbonyl (C=O) groups excluding carboxylic acids is 1. The van der Waals surface area contributed by atoms with E-state index in [9.17, 15) is 4.79 Å². The number of benzene rings is 1. The molecule has 13 heteroatoms. The summed E-state index contributed by atoms with van der Waals surface area (Å²) in [6.45, 7) is 13.7. The molecule has 1 fully saturated rings. The molecule has 2 aromatic heterocycles. The zero-order valence-electron chi connectivity index (χ0n) is 23.8. The summed E-state index contributed by atoms with van der Waals surface area (Å²) in [4.78, 5) is 24.9. The number of halogens is 1. The quantitative estimate of drug-likeness (QED) is 0.232. The van der Waals surface area contributed by atoms with Crippen molar-refractivity contribution in [2.45, 2.75) is 72.8 Å². The Balaban J connectivity index is 0.00000127. The van der Waals surface area contributed by atoms with Gasteiger partial charge in [-0.3, -0.25) is 9.36 Å². The average Bonchev–Trinajstić information content (AvgIpc) is 3.53. The highest BCUT2D eigenvalue weighted by atomic mass is 35.5. The van der Waals surface area contributed by atoms with E-state index in [0.717, 1.165) is 6.42 Å². The van der Waals surface area contributed by atoms with Crippen LogP contribution in [-0.4, -0.2) is 50.8 Å². The highest BCUT2D eigenvalue weighted by molar-refractivity contribution is 7.45. The van der Waals surface area contributed by atoms with E-state index in [0.29, 0.717) is 27.8 Å². The maximum absolute atomic E-state index is 12.2. The summed E-state index contributed by atoms with van der Waals surface area (Å²) in [6, 6.07) is 6.90. The van der Waals surface area contributed by atoms with Crippen LogP contribution in [0.3, 0.4) is 0 Å². The topological polar surface area (TPSA) is 136 Å². The Bertz CT molecular complexity index is 1180. The van der Waals surface area contributed by atoms with Crippen LogP contribution in [0.4, 0.5) is 5.82 Å². The Morgan fingerprint density at radius 1 is 1.21 bits per heavy atom. The minimum atomic E-state index is -1.73. The van der Waals surface area contributed by atoms with Gasteiger partial charge in [-0.05, 0) is 44.5 Å². The Morgan fingerprint density at radius 2 is 1.87 bits per heavy atom. The molecule has 0 saturated carbocycles. The summed E-state index contributed by atoms with van der Waals surface area (Å²) >= 11 is 5.98. The second kappa shape index (κ2) is 15.3. The molecule has 0 amide bonds. The molecule has 39 heavy (non-hydrogen) atoms. The molecule has 3 aromatic rings. The molecular formula is C26H40ClN6O5P. The number of hydrogen-bond acceptors (Lipinski definition) is 10. The fourth-order valence-corrected chi connectivity index (χ4v) is 5.23. The van der Waals surface area contributed by atoms with Crippen molar-refractivity contribution in [2.24, 2.45) is 5.92 Å². The Kier molecular flexibility index (Phi) is 12.8. The van der Waals surface area contributed by atoms with Gasteiger partial charge in [0.2, 0.25) is 0 Å². The number of rotatable bonds is 9. The van der Waals surface area contributed by atoms with Gasteiger partial charge in [-0.2, -0.15) is 0 Å². The number of fused-ring (bicyclic) bond motifs is 1. The van der Waals surface area contributed by atoms with Gasteiger partial charge in [0.1, 0.15) is 29.4 Å². The number of nitrogen functional groups attached to an aromatic ring is 1. The molecule has 3 N–H and O–H groups in total. The number of esters is 1. The first-order valence-electron chi connectivity index (χ1n) is 13.0. The summed E-state index contributed by atoms with van der Waals surface area (Å²) in [5.41, 5.74) is 6.04. The molecule has 2 unspecified atom stereocenters. The van der Waals surface area contributed by atoms with Gasteiger partial charge >= 0.3 is 14.5 Å². The fourth-order valence-electron chi connectivity index (χ4n) is 3.77. The molecule has 1 saturated heterocycles. The van der Waals surface area contributed by atoms with Gasteiger partial charge in [0.05, 0.1) is 26.1 Å². The van der Waals surface area contributed by atoms with Crippen LogP contribution >= 0.6 is 20.1 Å². The maximum atomic E-state index is 12.2. The average molecular weight is 583 g/mol. The minimum Gasteiger partial charge on any atom is -0.468 e. The number of methoxy groups -OCH3 is 1. The molecule has 4 atom stereocenters. The van der Waals surface area contributed by atoms with Crippen LogP contribution in [0.25, 0.3) is 11.2 Å². The molecule has 0 radical (unpaired) electrons. The van der Waals surface area contributed by atoms with E-state index >= 15 is 0 Å². The lowest BCUT2D eigenvalue weighted by Crippen LogP contribution is -2.45. The van der Waals surface area contributed by atoms with Crippen LogP contribution in [0.1, 0.15) is 61.1 Å². The van der Waals surface area contributed by atoms with Gasteiger partial charge in [-0.15, -0.1) is 0 Å². The molecule has 216 valence electrons. The molecular weight excluding hydrogens is 543 g/mol. The third-order valence-corrected chi connectivity index (χ3v) is 7.31. The number of aromatic nitrogens is 4. The number of hydrogen-bond donors (Lipinski definition) is 2. The normalized spacial score (nSPS) is 19.4. The number of ether oxygens (including phenoxy) is 2. The Labute approximate surface area is 236 Å². The van der Waals surface area contributed by atoms with Gasteiger partial charge < -0.3 is 24.3 Å². The zero-order valence-corrected chi connectivity index (χ0v) is 25.5. The van der Waals surface area contributed by atoms with Gasteiger partial charge in [0.25, 0.3) is 0 Å². The van der Waals surface area contributed by atoms with Crippen LogP contribution in [0.15, 0.2) is 36.9 Å². The zero-order chi connectivity index (χ0) is 29.2. The predicted molar refractivity (Wildman–Crippen MR) is 154 cm³/mol. The Morgan fingerprint density at radius 3 is 2.51 bits per heavy atom. The first-order valence-corrected chi connectivity index (χ1v) is 14.5. The monoisotopic (exact) mass is 582 g/mol. The van der Waals surface area contributed by atoms with Crippen LogP contribution in [0.5, 0.6) is 5.75 Å². The van der Waals surface area contributed by atoms with E-state index in [-0.39, 0.29) is 24.9 Å². The van der Waals surface area contributed by atoms with E-state index in [1.807, 2.05) is 32.3 Å². The van der Waals surface area contributed by atoms with Crippen molar-refractivity contribution in [3.05, 3.63) is 41.9 Å². The summed E-state index contributed by atoms with van der Waals surface area (Å²) in [6.07, 6.45) is 3.32. The number of nitrogens with one attached hydrogen (secondary N) is 1. The second-order valence-corrected chi connectivity index (χ2v) is 10.4. The molecule has 11 nitrogen and oxygen atoms in total. The smallest absolute Gasteiger partial charge is 0.325 e. The molecule has 0 aliphatic carbocycles. The van der Waals surface area contributed by atoms with Gasteiger partial charge in [-0.25, -0.2) is 20.0 Å². The van der Waals surface area contributed by atoms with Crippen LogP contribution in [0.2, 0.25) is 5.02 Å². The lowest BCUT2D eigenvalue weighted by atomic mass is 10.1. The van der Waals surface area contributed by atoms with E-state index in [4.69, 9.17) is 35.9 Å². The van der Waals surface area contributed by atoms with Crippen molar-refractivity contribution in [3.8, 4) is 5.75 Å². The Hall–Kier alpha value is -2.56. The predicted octanol–water partition coefficient (Wildman–Crippen LogP) is 5.90. The van der Waals surface area contributed by atoms with Crippen molar-refractivity contribution >= 4 is 43.1 Å². The van der Waals surface area contributed by atoms with Crippen LogP contribution in [0, 0.1) is 5.92 Å². The highest BCUT2D eigenvalue weighted by Crippen LogP contribution is 2.41. The molecule has 4 rings (SSSR count).